The van der Waals surface area contributed by atoms with Gasteiger partial charge in [0.2, 0.25) is 17.5 Å². The van der Waals surface area contributed by atoms with Gasteiger partial charge in [-0.05, 0) is 25.5 Å². The van der Waals surface area contributed by atoms with Crippen LogP contribution in [0.15, 0.2) is 39.5 Å². The number of hydrogen-bond acceptors (Lipinski definition) is 7. The Labute approximate surface area is 137 Å². The number of carbonyl (C=O) groups excluding carboxylic acids is 1. The van der Waals surface area contributed by atoms with E-state index in [2.05, 4.69) is 20.3 Å². The molecule has 3 aromatic rings. The molecule has 0 bridgehead atoms. The number of aromatic nitrogens is 4. The van der Waals surface area contributed by atoms with Gasteiger partial charge in [-0.1, -0.05) is 16.4 Å². The van der Waals surface area contributed by atoms with Gasteiger partial charge in [0, 0.05) is 25.4 Å². The maximum Gasteiger partial charge on any atom is 0.292 e. The Morgan fingerprint density at radius 1 is 1.29 bits per heavy atom. The first kappa shape index (κ1) is 14.6. The summed E-state index contributed by atoms with van der Waals surface area (Å²) in [6.45, 7) is 2.91. The van der Waals surface area contributed by atoms with Gasteiger partial charge in [-0.15, -0.1) is 0 Å². The molecule has 4 heterocycles. The summed E-state index contributed by atoms with van der Waals surface area (Å²) >= 11 is 0. The summed E-state index contributed by atoms with van der Waals surface area (Å²) in [6, 6.07) is 7.16. The average molecular weight is 325 g/mol. The summed E-state index contributed by atoms with van der Waals surface area (Å²) in [4.78, 5) is 22.7. The molecule has 0 radical (unpaired) electrons. The van der Waals surface area contributed by atoms with Crippen molar-refractivity contribution < 1.29 is 13.8 Å². The second-order valence-electron chi connectivity index (χ2n) is 5.74. The van der Waals surface area contributed by atoms with Crippen LogP contribution in [0.25, 0.3) is 11.5 Å². The first-order valence-electron chi connectivity index (χ1n) is 7.68. The summed E-state index contributed by atoms with van der Waals surface area (Å²) in [6.07, 6.45) is 2.45. The van der Waals surface area contributed by atoms with E-state index in [-0.39, 0.29) is 17.6 Å². The van der Waals surface area contributed by atoms with E-state index in [1.54, 1.807) is 24.1 Å². The predicted octanol–water partition coefficient (Wildman–Crippen LogP) is 2.06. The average Bonchev–Trinajstić information content (AvgIpc) is 3.35. The molecule has 0 spiro atoms. The van der Waals surface area contributed by atoms with Crippen molar-refractivity contribution in [3.05, 3.63) is 47.8 Å². The monoisotopic (exact) mass is 325 g/mol. The zero-order valence-electron chi connectivity index (χ0n) is 13.0. The van der Waals surface area contributed by atoms with E-state index in [1.165, 1.54) is 0 Å². The number of hydrogen-bond donors (Lipinski definition) is 0. The fraction of sp³-hybridized carbons (Fsp3) is 0.312. The first-order valence-corrected chi connectivity index (χ1v) is 7.68. The van der Waals surface area contributed by atoms with Crippen molar-refractivity contribution in [2.75, 3.05) is 13.1 Å². The molecule has 8 nitrogen and oxygen atoms in total. The van der Waals surface area contributed by atoms with Gasteiger partial charge in [-0.2, -0.15) is 4.98 Å². The number of aryl methyl sites for hydroxylation is 1. The summed E-state index contributed by atoms with van der Waals surface area (Å²) in [7, 11) is 0. The van der Waals surface area contributed by atoms with Gasteiger partial charge in [0.05, 0.1) is 11.6 Å². The van der Waals surface area contributed by atoms with Crippen LogP contribution in [0.3, 0.4) is 0 Å². The third-order valence-electron chi connectivity index (χ3n) is 4.00. The minimum Gasteiger partial charge on any atom is -0.351 e. The molecule has 0 aromatic carbocycles. The summed E-state index contributed by atoms with van der Waals surface area (Å²) in [5, 5.41) is 7.73. The second kappa shape index (κ2) is 5.88. The molecule has 3 aromatic heterocycles. The highest BCUT2D eigenvalue weighted by molar-refractivity contribution is 5.91. The number of carbonyl (C=O) groups is 1. The van der Waals surface area contributed by atoms with Crippen molar-refractivity contribution >= 4 is 5.91 Å². The molecule has 1 fully saturated rings. The minimum atomic E-state index is -0.164. The molecule has 8 heteroatoms. The molecule has 1 saturated heterocycles. The minimum absolute atomic E-state index is 0.0166. The number of rotatable bonds is 3. The standard InChI is InChI=1S/C16H15N5O3/c1-10-8-13(23-19-10)16(22)21-7-5-11(9-21)15-18-14(20-24-15)12-4-2-3-6-17-12/h2-4,6,8,11H,5,7,9H2,1H3. The van der Waals surface area contributed by atoms with Crippen LogP contribution in [0, 0.1) is 6.92 Å². The van der Waals surface area contributed by atoms with E-state index < -0.39 is 0 Å². The van der Waals surface area contributed by atoms with Crippen molar-refractivity contribution in [2.24, 2.45) is 0 Å². The highest BCUT2D eigenvalue weighted by Gasteiger charge is 2.33. The lowest BCUT2D eigenvalue weighted by Gasteiger charge is -2.13. The lowest BCUT2D eigenvalue weighted by molar-refractivity contribution is 0.0748. The predicted molar refractivity (Wildman–Crippen MR) is 82.0 cm³/mol. The van der Waals surface area contributed by atoms with E-state index >= 15 is 0 Å². The number of pyridine rings is 1. The van der Waals surface area contributed by atoms with Gasteiger partial charge in [0.15, 0.2) is 0 Å². The SMILES string of the molecule is Cc1cc(C(=O)N2CCC(c3nc(-c4ccccn4)no3)C2)on1. The third kappa shape index (κ3) is 2.66. The number of likely N-dealkylation sites (tertiary alicyclic amines) is 1. The van der Waals surface area contributed by atoms with Crippen LogP contribution in [0.1, 0.15) is 34.5 Å². The second-order valence-corrected chi connectivity index (χ2v) is 5.74. The van der Waals surface area contributed by atoms with Crippen LogP contribution >= 0.6 is 0 Å². The Morgan fingerprint density at radius 2 is 2.21 bits per heavy atom. The van der Waals surface area contributed by atoms with Gasteiger partial charge in [-0.3, -0.25) is 9.78 Å². The molecule has 0 saturated carbocycles. The largest absolute Gasteiger partial charge is 0.351 e. The van der Waals surface area contributed by atoms with Crippen molar-refractivity contribution in [3.8, 4) is 11.5 Å². The van der Waals surface area contributed by atoms with E-state index in [1.807, 2.05) is 18.2 Å². The Bertz CT molecular complexity index is 857. The molecule has 1 atom stereocenters. The summed E-state index contributed by atoms with van der Waals surface area (Å²) in [5.74, 6) is 1.10. The van der Waals surface area contributed by atoms with Crippen LogP contribution in [-0.2, 0) is 0 Å². The molecular weight excluding hydrogens is 310 g/mol. The van der Waals surface area contributed by atoms with Gasteiger partial charge < -0.3 is 13.9 Å². The van der Waals surface area contributed by atoms with Gasteiger partial charge in [-0.25, -0.2) is 0 Å². The fourth-order valence-electron chi connectivity index (χ4n) is 2.77. The molecule has 1 aliphatic rings. The zero-order chi connectivity index (χ0) is 16.5. The molecule has 4 rings (SSSR count). The zero-order valence-corrected chi connectivity index (χ0v) is 13.0. The molecule has 0 N–H and O–H groups in total. The highest BCUT2D eigenvalue weighted by atomic mass is 16.5. The van der Waals surface area contributed by atoms with E-state index in [4.69, 9.17) is 9.05 Å². The lowest BCUT2D eigenvalue weighted by Crippen LogP contribution is -2.28. The maximum atomic E-state index is 12.4. The molecule has 24 heavy (non-hydrogen) atoms. The Balaban J connectivity index is 1.47. The van der Waals surface area contributed by atoms with Crippen molar-refractivity contribution in [3.63, 3.8) is 0 Å². The Hall–Kier alpha value is -3.03. The van der Waals surface area contributed by atoms with Gasteiger partial charge in [0.25, 0.3) is 5.91 Å². The highest BCUT2D eigenvalue weighted by Crippen LogP contribution is 2.28. The normalized spacial score (nSPS) is 17.4. The van der Waals surface area contributed by atoms with E-state index in [0.29, 0.717) is 36.2 Å². The van der Waals surface area contributed by atoms with Crippen molar-refractivity contribution in [2.45, 2.75) is 19.3 Å². The molecule has 1 aliphatic heterocycles. The lowest BCUT2D eigenvalue weighted by atomic mass is 10.1. The van der Waals surface area contributed by atoms with E-state index in [0.717, 1.165) is 6.42 Å². The van der Waals surface area contributed by atoms with Crippen LogP contribution < -0.4 is 0 Å². The third-order valence-corrected chi connectivity index (χ3v) is 4.00. The molecular formula is C16H15N5O3. The molecule has 122 valence electrons. The number of amides is 1. The van der Waals surface area contributed by atoms with E-state index in [9.17, 15) is 4.79 Å². The Kier molecular flexibility index (Phi) is 3.56. The maximum absolute atomic E-state index is 12.4. The summed E-state index contributed by atoms with van der Waals surface area (Å²) in [5.41, 5.74) is 1.35. The van der Waals surface area contributed by atoms with Gasteiger partial charge in [0.1, 0.15) is 5.69 Å². The molecule has 1 amide bonds. The van der Waals surface area contributed by atoms with Crippen LogP contribution in [-0.4, -0.2) is 44.2 Å². The van der Waals surface area contributed by atoms with Crippen LogP contribution in [0.2, 0.25) is 0 Å². The Morgan fingerprint density at radius 3 is 2.96 bits per heavy atom. The topological polar surface area (TPSA) is 98.2 Å². The fourth-order valence-corrected chi connectivity index (χ4v) is 2.77. The van der Waals surface area contributed by atoms with Crippen LogP contribution in [0.5, 0.6) is 0 Å². The first-order chi connectivity index (χ1) is 11.7. The molecule has 0 aliphatic carbocycles. The number of nitrogens with zero attached hydrogens (tertiary/aromatic N) is 5. The quantitative estimate of drug-likeness (QED) is 0.726. The van der Waals surface area contributed by atoms with Crippen LogP contribution in [0.4, 0.5) is 0 Å². The van der Waals surface area contributed by atoms with Gasteiger partial charge >= 0.3 is 0 Å². The van der Waals surface area contributed by atoms with Crippen molar-refractivity contribution in [1.82, 2.24) is 25.2 Å². The summed E-state index contributed by atoms with van der Waals surface area (Å²) < 4.78 is 10.4. The molecule has 1 unspecified atom stereocenters. The van der Waals surface area contributed by atoms with Crippen molar-refractivity contribution in [1.29, 1.82) is 0 Å². The smallest absolute Gasteiger partial charge is 0.292 e.